The predicted octanol–water partition coefficient (Wildman–Crippen LogP) is 2.71. The number of aryl methyl sites for hydroxylation is 2. The summed E-state index contributed by atoms with van der Waals surface area (Å²) in [4.78, 5) is 20.6. The van der Waals surface area contributed by atoms with Crippen LogP contribution in [-0.2, 0) is 0 Å². The molecule has 1 atom stereocenters. The van der Waals surface area contributed by atoms with E-state index in [4.69, 9.17) is 10.5 Å². The number of nitrogens with zero attached hydrogens (tertiary/aromatic N) is 2. The van der Waals surface area contributed by atoms with Crippen molar-refractivity contribution in [3.8, 4) is 5.75 Å². The summed E-state index contributed by atoms with van der Waals surface area (Å²) < 4.78 is 6.06. The number of hydrogen-bond acceptors (Lipinski definition) is 5. The van der Waals surface area contributed by atoms with Crippen molar-refractivity contribution in [2.45, 2.75) is 45.8 Å². The second-order valence-electron chi connectivity index (χ2n) is 6.86. The predicted molar refractivity (Wildman–Crippen MR) is 91.9 cm³/mol. The van der Waals surface area contributed by atoms with Crippen LogP contribution in [0.4, 0.5) is 5.95 Å². The Balaban J connectivity index is 1.90. The normalized spacial score (nSPS) is 18.4. The molecule has 2 aromatic rings. The molecule has 0 fully saturated rings. The summed E-state index contributed by atoms with van der Waals surface area (Å²) in [6.45, 7) is 7.82. The average molecular weight is 326 g/mol. The van der Waals surface area contributed by atoms with Gasteiger partial charge in [-0.05, 0) is 39.3 Å². The summed E-state index contributed by atoms with van der Waals surface area (Å²) in [7, 11) is 0. The Kier molecular flexibility index (Phi) is 3.91. The van der Waals surface area contributed by atoms with Gasteiger partial charge in [-0.3, -0.25) is 4.79 Å². The fraction of sp³-hybridized carbons (Fsp3) is 0.389. The van der Waals surface area contributed by atoms with Crippen molar-refractivity contribution in [3.05, 3.63) is 46.8 Å². The summed E-state index contributed by atoms with van der Waals surface area (Å²) >= 11 is 0. The lowest BCUT2D eigenvalue weighted by molar-refractivity contribution is 0.0619. The first kappa shape index (κ1) is 16.2. The van der Waals surface area contributed by atoms with Crippen molar-refractivity contribution < 1.29 is 9.53 Å². The molecule has 0 bridgehead atoms. The van der Waals surface area contributed by atoms with Gasteiger partial charge in [-0.25, -0.2) is 9.97 Å². The SMILES string of the molecule is Cc1ccc2c(c1)OC(C)(C)CC2NC(=O)c1cnc(N)nc1C. The van der Waals surface area contributed by atoms with Crippen molar-refractivity contribution in [1.82, 2.24) is 15.3 Å². The van der Waals surface area contributed by atoms with Crippen LogP contribution in [0.3, 0.4) is 0 Å². The Morgan fingerprint density at radius 1 is 1.38 bits per heavy atom. The number of fused-ring (bicyclic) bond motifs is 1. The van der Waals surface area contributed by atoms with Gasteiger partial charge in [0.25, 0.3) is 5.91 Å². The number of nitrogens with one attached hydrogen (secondary N) is 1. The molecule has 1 unspecified atom stereocenters. The Labute approximate surface area is 141 Å². The fourth-order valence-electron chi connectivity index (χ4n) is 3.03. The lowest BCUT2D eigenvalue weighted by Crippen LogP contribution is -2.41. The van der Waals surface area contributed by atoms with E-state index in [0.29, 0.717) is 17.7 Å². The molecule has 6 nitrogen and oxygen atoms in total. The minimum absolute atomic E-state index is 0.131. The van der Waals surface area contributed by atoms with Gasteiger partial charge in [0.05, 0.1) is 17.3 Å². The lowest BCUT2D eigenvalue weighted by atomic mass is 9.89. The van der Waals surface area contributed by atoms with Crippen molar-refractivity contribution in [2.24, 2.45) is 0 Å². The molecule has 126 valence electrons. The maximum atomic E-state index is 12.7. The van der Waals surface area contributed by atoms with Crippen LogP contribution in [0.15, 0.2) is 24.4 Å². The lowest BCUT2D eigenvalue weighted by Gasteiger charge is -2.38. The third-order valence-corrected chi connectivity index (χ3v) is 4.17. The Morgan fingerprint density at radius 2 is 2.12 bits per heavy atom. The van der Waals surface area contributed by atoms with Crippen LogP contribution in [0.5, 0.6) is 5.75 Å². The van der Waals surface area contributed by atoms with E-state index < -0.39 is 0 Å². The Hall–Kier alpha value is -2.63. The van der Waals surface area contributed by atoms with Gasteiger partial charge in [0, 0.05) is 18.2 Å². The van der Waals surface area contributed by atoms with Crippen LogP contribution in [0.25, 0.3) is 0 Å². The van der Waals surface area contributed by atoms with Crippen LogP contribution in [0, 0.1) is 13.8 Å². The van der Waals surface area contributed by atoms with Crippen LogP contribution < -0.4 is 15.8 Å². The zero-order valence-electron chi connectivity index (χ0n) is 14.4. The first-order valence-electron chi connectivity index (χ1n) is 7.95. The van der Waals surface area contributed by atoms with Crippen molar-refractivity contribution >= 4 is 11.9 Å². The first-order valence-corrected chi connectivity index (χ1v) is 7.95. The topological polar surface area (TPSA) is 90.1 Å². The molecule has 0 spiro atoms. The summed E-state index contributed by atoms with van der Waals surface area (Å²) in [5, 5.41) is 3.09. The number of anilines is 1. The van der Waals surface area contributed by atoms with Crippen molar-refractivity contribution in [2.75, 3.05) is 5.73 Å². The number of hydrogen-bond donors (Lipinski definition) is 2. The zero-order valence-corrected chi connectivity index (χ0v) is 14.4. The third kappa shape index (κ3) is 3.18. The Morgan fingerprint density at radius 3 is 2.83 bits per heavy atom. The number of rotatable bonds is 2. The van der Waals surface area contributed by atoms with E-state index in [9.17, 15) is 4.79 Å². The van der Waals surface area contributed by atoms with E-state index in [-0.39, 0.29) is 23.5 Å². The second kappa shape index (κ2) is 5.78. The van der Waals surface area contributed by atoms with Gasteiger partial charge < -0.3 is 15.8 Å². The van der Waals surface area contributed by atoms with Gasteiger partial charge in [-0.2, -0.15) is 0 Å². The summed E-state index contributed by atoms with van der Waals surface area (Å²) in [5.74, 6) is 0.778. The van der Waals surface area contributed by atoms with Crippen LogP contribution in [0.2, 0.25) is 0 Å². The number of nitrogen functional groups attached to an aromatic ring is 1. The van der Waals surface area contributed by atoms with Gasteiger partial charge in [-0.15, -0.1) is 0 Å². The smallest absolute Gasteiger partial charge is 0.255 e. The second-order valence-corrected chi connectivity index (χ2v) is 6.86. The molecule has 2 heterocycles. The number of carbonyl (C=O) groups is 1. The molecular formula is C18H22N4O2. The molecule has 1 aromatic carbocycles. The molecule has 0 saturated heterocycles. The minimum atomic E-state index is -0.356. The van der Waals surface area contributed by atoms with Crippen LogP contribution in [0.1, 0.15) is 53.5 Å². The van der Waals surface area contributed by atoms with Gasteiger partial charge in [0.2, 0.25) is 5.95 Å². The highest BCUT2D eigenvalue weighted by atomic mass is 16.5. The van der Waals surface area contributed by atoms with Gasteiger partial charge in [-0.1, -0.05) is 12.1 Å². The Bertz CT molecular complexity index is 802. The van der Waals surface area contributed by atoms with Crippen molar-refractivity contribution in [3.63, 3.8) is 0 Å². The molecule has 1 amide bonds. The molecule has 1 aromatic heterocycles. The van der Waals surface area contributed by atoms with E-state index >= 15 is 0 Å². The number of amides is 1. The number of aromatic nitrogens is 2. The third-order valence-electron chi connectivity index (χ3n) is 4.17. The fourth-order valence-corrected chi connectivity index (χ4v) is 3.03. The monoisotopic (exact) mass is 326 g/mol. The number of benzene rings is 1. The maximum absolute atomic E-state index is 12.7. The summed E-state index contributed by atoms with van der Waals surface area (Å²) in [6.07, 6.45) is 2.15. The van der Waals surface area contributed by atoms with E-state index in [0.717, 1.165) is 16.9 Å². The highest BCUT2D eigenvalue weighted by Gasteiger charge is 2.34. The molecular weight excluding hydrogens is 304 g/mol. The molecule has 0 aliphatic carbocycles. The maximum Gasteiger partial charge on any atom is 0.255 e. The highest BCUT2D eigenvalue weighted by molar-refractivity contribution is 5.95. The number of carbonyl (C=O) groups excluding carboxylic acids is 1. The zero-order chi connectivity index (χ0) is 17.5. The van der Waals surface area contributed by atoms with E-state index in [1.54, 1.807) is 6.92 Å². The molecule has 3 rings (SSSR count). The van der Waals surface area contributed by atoms with Crippen molar-refractivity contribution in [1.29, 1.82) is 0 Å². The number of ether oxygens (including phenoxy) is 1. The largest absolute Gasteiger partial charge is 0.487 e. The van der Waals surface area contributed by atoms with Gasteiger partial charge >= 0.3 is 0 Å². The molecule has 0 radical (unpaired) electrons. The standard InChI is InChI=1S/C18H22N4O2/c1-10-5-6-12-14(8-18(3,4)24-15(12)7-10)22-16(23)13-9-20-17(19)21-11(13)2/h5-7,9,14H,8H2,1-4H3,(H,22,23)(H2,19,20,21). The van der Waals surface area contributed by atoms with Gasteiger partial charge in [0.1, 0.15) is 11.4 Å². The van der Waals surface area contributed by atoms with E-state index in [1.165, 1.54) is 6.20 Å². The molecule has 24 heavy (non-hydrogen) atoms. The number of nitrogens with two attached hydrogens (primary N) is 1. The van der Waals surface area contributed by atoms with Crippen LogP contribution in [-0.4, -0.2) is 21.5 Å². The molecule has 0 saturated carbocycles. The molecule has 1 aliphatic rings. The van der Waals surface area contributed by atoms with E-state index in [2.05, 4.69) is 15.3 Å². The summed E-state index contributed by atoms with van der Waals surface area (Å²) in [5.41, 5.74) is 8.31. The molecule has 1 aliphatic heterocycles. The van der Waals surface area contributed by atoms with Gasteiger partial charge in [0.15, 0.2) is 0 Å². The molecule has 3 N–H and O–H groups in total. The summed E-state index contributed by atoms with van der Waals surface area (Å²) in [6, 6.07) is 5.91. The average Bonchev–Trinajstić information content (AvgIpc) is 2.45. The molecule has 6 heteroatoms. The van der Waals surface area contributed by atoms with Crippen LogP contribution >= 0.6 is 0 Å². The van der Waals surface area contributed by atoms with E-state index in [1.807, 2.05) is 39.0 Å². The minimum Gasteiger partial charge on any atom is -0.487 e. The quantitative estimate of drug-likeness (QED) is 0.885. The highest BCUT2D eigenvalue weighted by Crippen LogP contribution is 2.40. The first-order chi connectivity index (χ1) is 11.2.